The van der Waals surface area contributed by atoms with E-state index in [-0.39, 0.29) is 0 Å². The minimum Gasteiger partial charge on any atom is -0.481 e. The summed E-state index contributed by atoms with van der Waals surface area (Å²) in [5.74, 6) is -2.82. The Morgan fingerprint density at radius 2 is 1.41 bits per heavy atom. The number of ether oxygens (including phenoxy) is 1. The minimum absolute atomic E-state index is 0.300. The molecule has 1 amide bonds. The third kappa shape index (κ3) is 7.86. The lowest BCUT2D eigenvalue weighted by molar-refractivity contribution is -0.269. The van der Waals surface area contributed by atoms with Gasteiger partial charge in [0.15, 0.2) is 35.9 Å². The average Bonchev–Trinajstić information content (AvgIpc) is 3.29. The van der Waals surface area contributed by atoms with Gasteiger partial charge in [-0.25, -0.2) is 4.79 Å². The predicted octanol–water partition coefficient (Wildman–Crippen LogP) is 4.30. The topological polar surface area (TPSA) is 122 Å². The van der Waals surface area contributed by atoms with Crippen LogP contribution in [0.3, 0.4) is 0 Å². The Morgan fingerprint density at radius 3 is 1.93 bits per heavy atom. The molecule has 0 fully saturated rings. The summed E-state index contributed by atoms with van der Waals surface area (Å²) in [6.45, 7) is 12.7. The Hall–Kier alpha value is -3.27. The third-order valence-electron chi connectivity index (χ3n) is 6.93. The third-order valence-corrected chi connectivity index (χ3v) is 10.6. The summed E-state index contributed by atoms with van der Waals surface area (Å²) in [5, 5.41) is 10.8. The molecule has 4 aromatic rings. The fourth-order valence-electron chi connectivity index (χ4n) is 5.00. The molecule has 0 spiro atoms. The number of rotatable bonds is 16. The number of aromatic nitrogens is 1. The molecular formula is C32H44N2O7Si3. The molecule has 0 unspecified atom stereocenters. The van der Waals surface area contributed by atoms with Gasteiger partial charge in [-0.15, -0.1) is 0 Å². The van der Waals surface area contributed by atoms with Crippen molar-refractivity contribution in [2.24, 2.45) is 5.73 Å². The van der Waals surface area contributed by atoms with Crippen LogP contribution in [0, 0.1) is 0 Å². The van der Waals surface area contributed by atoms with Gasteiger partial charge in [0.25, 0.3) is 5.97 Å². The van der Waals surface area contributed by atoms with E-state index in [2.05, 4.69) is 46.1 Å². The number of hydrogen-bond acceptors (Lipinski definition) is 6. The van der Waals surface area contributed by atoms with Crippen LogP contribution < -0.4 is 10.5 Å². The van der Waals surface area contributed by atoms with Crippen molar-refractivity contribution >= 4 is 63.0 Å². The molecule has 0 atom stereocenters. The van der Waals surface area contributed by atoms with Crippen molar-refractivity contribution < 1.29 is 32.7 Å². The van der Waals surface area contributed by atoms with E-state index in [1.807, 2.05) is 42.5 Å². The molecule has 0 aliphatic heterocycles. The maximum atomic E-state index is 12.7. The SMILES string of the molecule is CC(C)[SiH2]OC(O[SiH2]C(C)C)(O[SiH2]C(C)C)c1cc(OCC(=O)O)c2c3c(C(N)=O)cccc3n(Cc3ccccc3)c2c1. The summed E-state index contributed by atoms with van der Waals surface area (Å²) in [7, 11) is -3.26. The molecule has 0 aliphatic rings. The highest BCUT2D eigenvalue weighted by Crippen LogP contribution is 2.43. The first-order chi connectivity index (χ1) is 20.9. The highest BCUT2D eigenvalue weighted by atomic mass is 28.2. The van der Waals surface area contributed by atoms with Gasteiger partial charge >= 0.3 is 5.97 Å². The van der Waals surface area contributed by atoms with E-state index in [0.29, 0.717) is 50.8 Å². The number of nitrogens with two attached hydrogens (primary N) is 1. The summed E-state index contributed by atoms with van der Waals surface area (Å²) in [6, 6.07) is 19.2. The van der Waals surface area contributed by atoms with Crippen LogP contribution in [0.4, 0.5) is 0 Å². The van der Waals surface area contributed by atoms with Gasteiger partial charge < -0.3 is 33.4 Å². The van der Waals surface area contributed by atoms with Crippen LogP contribution in [0.25, 0.3) is 21.8 Å². The number of carbonyl (C=O) groups excluding carboxylic acids is 1. The first-order valence-electron chi connectivity index (χ1n) is 15.1. The van der Waals surface area contributed by atoms with E-state index in [1.54, 1.807) is 18.2 Å². The number of carboxylic acid groups (broad SMARTS) is 1. The molecule has 4 rings (SSSR count). The number of hydrogen-bond donors (Lipinski definition) is 2. The molecule has 236 valence electrons. The zero-order valence-corrected chi connectivity index (χ0v) is 30.7. The molecule has 0 aliphatic carbocycles. The van der Waals surface area contributed by atoms with Gasteiger partial charge in [-0.2, -0.15) is 0 Å². The fourth-order valence-corrected chi connectivity index (χ4v) is 8.16. The Bertz CT molecular complexity index is 1570. The molecule has 1 aromatic heterocycles. The van der Waals surface area contributed by atoms with Gasteiger partial charge in [0.2, 0.25) is 5.91 Å². The molecule has 9 nitrogen and oxygen atoms in total. The average molecular weight is 653 g/mol. The van der Waals surface area contributed by atoms with Crippen LogP contribution in [-0.4, -0.2) is 57.4 Å². The Morgan fingerprint density at radius 1 is 0.818 bits per heavy atom. The molecule has 3 aromatic carbocycles. The fraction of sp³-hybridized carbons (Fsp3) is 0.375. The molecule has 0 saturated carbocycles. The summed E-state index contributed by atoms with van der Waals surface area (Å²) < 4.78 is 28.2. The maximum Gasteiger partial charge on any atom is 0.341 e. The van der Waals surface area contributed by atoms with Gasteiger partial charge in [0.05, 0.1) is 16.4 Å². The number of primary amides is 1. The van der Waals surface area contributed by atoms with Gasteiger partial charge in [-0.05, 0) is 46.5 Å². The largest absolute Gasteiger partial charge is 0.481 e. The second kappa shape index (κ2) is 14.7. The highest BCUT2D eigenvalue weighted by Gasteiger charge is 2.38. The van der Waals surface area contributed by atoms with Crippen LogP contribution in [0.5, 0.6) is 5.75 Å². The molecule has 3 N–H and O–H groups in total. The van der Waals surface area contributed by atoms with Crippen molar-refractivity contribution in [1.29, 1.82) is 0 Å². The first-order valence-corrected chi connectivity index (χ1v) is 19.3. The molecule has 0 radical (unpaired) electrons. The van der Waals surface area contributed by atoms with Crippen LogP contribution in [0.1, 0.15) is 63.0 Å². The van der Waals surface area contributed by atoms with E-state index in [1.165, 1.54) is 0 Å². The van der Waals surface area contributed by atoms with Gasteiger partial charge in [-0.1, -0.05) is 77.9 Å². The molecule has 1 heterocycles. The number of carboxylic acids is 1. The number of amides is 1. The standard InChI is InChI=1S/C32H44N2O7Si3/c1-19(2)42-39-32(40-43-20(3)4,41-44-21(5)6)23-15-26-30(27(16-23)38-18-28(35)36)29-24(31(33)37)13-10-14-25(29)34(26)17-22-11-8-7-9-12-22/h7-16,19-21H,17-18,42-44H2,1-6H3,(H2,33,37)(H,35,36). The maximum absolute atomic E-state index is 12.7. The van der Waals surface area contributed by atoms with Gasteiger partial charge in [0, 0.05) is 23.1 Å². The van der Waals surface area contributed by atoms with Crippen molar-refractivity contribution in [1.82, 2.24) is 4.57 Å². The molecule has 0 bridgehead atoms. The Labute approximate surface area is 265 Å². The Kier molecular flexibility index (Phi) is 11.2. The molecule has 12 heteroatoms. The number of carbonyl (C=O) groups is 2. The van der Waals surface area contributed by atoms with Gasteiger partial charge in [-0.3, -0.25) is 4.79 Å². The van der Waals surface area contributed by atoms with Gasteiger partial charge in [0.1, 0.15) is 5.75 Å². The summed E-state index contributed by atoms with van der Waals surface area (Å²) in [4.78, 5) is 24.5. The van der Waals surface area contributed by atoms with E-state index in [9.17, 15) is 14.7 Å². The predicted molar refractivity (Wildman–Crippen MR) is 182 cm³/mol. The zero-order valence-electron chi connectivity index (χ0n) is 26.5. The number of benzene rings is 3. The quantitative estimate of drug-likeness (QED) is 0.137. The zero-order chi connectivity index (χ0) is 32.0. The lowest BCUT2D eigenvalue weighted by Crippen LogP contribution is -2.41. The molecular weight excluding hydrogens is 609 g/mol. The smallest absolute Gasteiger partial charge is 0.341 e. The van der Waals surface area contributed by atoms with Crippen LogP contribution in [0.15, 0.2) is 60.7 Å². The summed E-state index contributed by atoms with van der Waals surface area (Å²) >= 11 is 0. The van der Waals surface area contributed by atoms with Crippen molar-refractivity contribution in [3.05, 3.63) is 77.4 Å². The van der Waals surface area contributed by atoms with Crippen LogP contribution in [0.2, 0.25) is 16.6 Å². The molecule has 44 heavy (non-hydrogen) atoms. The molecule has 0 saturated heterocycles. The lowest BCUT2D eigenvalue weighted by Gasteiger charge is -2.37. The normalized spacial score (nSPS) is 14.1. The number of fused-ring (bicyclic) bond motifs is 3. The highest BCUT2D eigenvalue weighted by molar-refractivity contribution is 6.32. The van der Waals surface area contributed by atoms with Crippen molar-refractivity contribution in [3.8, 4) is 5.75 Å². The second-order valence-electron chi connectivity index (χ2n) is 12.4. The van der Waals surface area contributed by atoms with Crippen LogP contribution >= 0.6 is 0 Å². The number of nitrogens with zero attached hydrogens (tertiary/aromatic N) is 1. The van der Waals surface area contributed by atoms with E-state index >= 15 is 0 Å². The van der Waals surface area contributed by atoms with Crippen molar-refractivity contribution in [2.45, 2.75) is 70.7 Å². The minimum atomic E-state index is -1.42. The van der Waals surface area contributed by atoms with E-state index in [4.69, 9.17) is 23.7 Å². The summed E-state index contributed by atoms with van der Waals surface area (Å²) in [5.41, 5.74) is 10.4. The Balaban J connectivity index is 2.10. The lowest BCUT2D eigenvalue weighted by atomic mass is 10.0. The summed E-state index contributed by atoms with van der Waals surface area (Å²) in [6.07, 6.45) is 0. The van der Waals surface area contributed by atoms with Crippen molar-refractivity contribution in [2.75, 3.05) is 6.61 Å². The van der Waals surface area contributed by atoms with E-state index < -0.39 is 53.7 Å². The van der Waals surface area contributed by atoms with E-state index in [0.717, 1.165) is 16.6 Å². The monoisotopic (exact) mass is 652 g/mol. The second-order valence-corrected chi connectivity index (χ2v) is 19.1. The first kappa shape index (κ1) is 33.6. The van der Waals surface area contributed by atoms with Crippen molar-refractivity contribution in [3.63, 3.8) is 0 Å². The number of aliphatic carboxylic acids is 1. The van der Waals surface area contributed by atoms with Crippen LogP contribution in [-0.2, 0) is 30.6 Å².